The van der Waals surface area contributed by atoms with Gasteiger partial charge in [0.2, 0.25) is 5.52 Å². The third-order valence-electron chi connectivity index (χ3n) is 3.66. The zero-order valence-corrected chi connectivity index (χ0v) is 11.8. The van der Waals surface area contributed by atoms with Crippen LogP contribution in [0.3, 0.4) is 0 Å². The summed E-state index contributed by atoms with van der Waals surface area (Å²) in [5.74, 6) is 0.179. The Labute approximate surface area is 127 Å². The van der Waals surface area contributed by atoms with Crippen molar-refractivity contribution >= 4 is 28.2 Å². The first-order chi connectivity index (χ1) is 10.8. The van der Waals surface area contributed by atoms with Crippen molar-refractivity contribution in [3.8, 4) is 0 Å². The topological polar surface area (TPSA) is 41.4 Å². The summed E-state index contributed by atoms with van der Waals surface area (Å²) in [6.45, 7) is 0. The van der Waals surface area contributed by atoms with Crippen LogP contribution in [0.2, 0.25) is 0 Å². The van der Waals surface area contributed by atoms with Gasteiger partial charge in [-0.25, -0.2) is 0 Å². The maximum absolute atomic E-state index is 10.2. The van der Waals surface area contributed by atoms with Crippen LogP contribution in [0.4, 0.5) is 0 Å². The molecule has 4 heteroatoms. The third kappa shape index (κ3) is 2.11. The second kappa shape index (κ2) is 5.00. The maximum Gasteiger partial charge on any atom is 0.204 e. The van der Waals surface area contributed by atoms with E-state index >= 15 is 0 Å². The smallest absolute Gasteiger partial charge is 0.204 e. The fourth-order valence-electron chi connectivity index (χ4n) is 2.57. The molecule has 0 amide bonds. The first kappa shape index (κ1) is 12.6. The van der Waals surface area contributed by atoms with Crippen LogP contribution < -0.4 is 4.68 Å². The highest BCUT2D eigenvalue weighted by atomic mass is 16.3. The van der Waals surface area contributed by atoms with Gasteiger partial charge < -0.3 is 5.11 Å². The molecule has 1 N–H and O–H groups in total. The van der Waals surface area contributed by atoms with Crippen molar-refractivity contribution in [2.75, 3.05) is 0 Å². The van der Waals surface area contributed by atoms with E-state index in [9.17, 15) is 5.11 Å². The van der Waals surface area contributed by atoms with Crippen LogP contribution in [0.1, 0.15) is 5.56 Å². The van der Waals surface area contributed by atoms with Gasteiger partial charge in [0.25, 0.3) is 0 Å². The van der Waals surface area contributed by atoms with Crippen LogP contribution in [0.15, 0.2) is 73.1 Å². The summed E-state index contributed by atoms with van der Waals surface area (Å²) in [6.07, 6.45) is 5.43. The van der Waals surface area contributed by atoms with Gasteiger partial charge in [-0.2, -0.15) is 0 Å². The molecule has 0 atom stereocenters. The summed E-state index contributed by atoms with van der Waals surface area (Å²) in [5.41, 5.74) is 1.76. The normalized spacial score (nSPS) is 12.1. The van der Waals surface area contributed by atoms with Crippen molar-refractivity contribution in [2.45, 2.75) is 0 Å². The van der Waals surface area contributed by atoms with Gasteiger partial charge in [-0.05, 0) is 17.5 Å². The summed E-state index contributed by atoms with van der Waals surface area (Å²) in [4.78, 5) is 0. The van der Waals surface area contributed by atoms with Crippen LogP contribution in [-0.4, -0.2) is 14.8 Å². The Morgan fingerprint density at radius 1 is 1.00 bits per heavy atom. The molecule has 0 saturated heterocycles. The molecule has 2 aromatic carbocycles. The van der Waals surface area contributed by atoms with E-state index in [2.05, 4.69) is 17.3 Å². The number of pyridine rings is 1. The Kier molecular flexibility index (Phi) is 2.86. The second-order valence-electron chi connectivity index (χ2n) is 5.11. The van der Waals surface area contributed by atoms with Crippen LogP contribution >= 0.6 is 0 Å². The Balaban J connectivity index is 1.85. The van der Waals surface area contributed by atoms with Gasteiger partial charge in [0.05, 0.1) is 0 Å². The fourth-order valence-corrected chi connectivity index (χ4v) is 2.57. The van der Waals surface area contributed by atoms with Crippen molar-refractivity contribution in [3.63, 3.8) is 0 Å². The zero-order chi connectivity index (χ0) is 14.9. The summed E-state index contributed by atoms with van der Waals surface area (Å²) < 4.78 is 3.43. The molecule has 0 spiro atoms. The number of hydrogen-bond donors (Lipinski definition) is 1. The van der Waals surface area contributed by atoms with E-state index in [1.165, 1.54) is 5.39 Å². The number of benzene rings is 2. The standard InChI is InChI=1S/C18H13N3O/c22-18(15-7-2-1-3-8-15)13-20-12-17-16-9-5-4-6-14(16)10-11-21(17)19-20/h1-13H/p+1. The Hall–Kier alpha value is -3.14. The number of aromatic nitrogens is 3. The molecular formula is C18H14N3O+. The molecule has 0 saturated carbocycles. The highest BCUT2D eigenvalue weighted by Gasteiger charge is 2.11. The van der Waals surface area contributed by atoms with E-state index < -0.39 is 0 Å². The molecular weight excluding hydrogens is 274 g/mol. The van der Waals surface area contributed by atoms with Gasteiger partial charge in [0.1, 0.15) is 11.4 Å². The minimum atomic E-state index is 0.179. The maximum atomic E-state index is 10.2. The van der Waals surface area contributed by atoms with E-state index in [1.807, 2.05) is 60.9 Å². The number of aliphatic hydroxyl groups excluding tert-OH is 1. The minimum absolute atomic E-state index is 0.179. The molecule has 0 radical (unpaired) electrons. The summed E-state index contributed by atoms with van der Waals surface area (Å²) in [5, 5.41) is 16.9. The SMILES string of the molecule is O/C(=C\[n+]1cc2c3ccccc3ccn2n1)c1ccccc1. The van der Waals surface area contributed by atoms with Crippen LogP contribution in [0.5, 0.6) is 0 Å². The summed E-state index contributed by atoms with van der Waals surface area (Å²) in [6, 6.07) is 19.6. The average molecular weight is 288 g/mol. The molecule has 4 aromatic rings. The lowest BCUT2D eigenvalue weighted by Gasteiger charge is -1.95. The Bertz CT molecular complexity index is 987. The summed E-state index contributed by atoms with van der Waals surface area (Å²) in [7, 11) is 0. The molecule has 4 nitrogen and oxygen atoms in total. The average Bonchev–Trinajstić information content (AvgIpc) is 2.98. The van der Waals surface area contributed by atoms with Crippen LogP contribution in [-0.2, 0) is 0 Å². The third-order valence-corrected chi connectivity index (χ3v) is 3.66. The molecule has 0 aliphatic carbocycles. The number of nitrogens with zero attached hydrogens (tertiary/aromatic N) is 3. The lowest BCUT2D eigenvalue weighted by molar-refractivity contribution is -0.634. The first-order valence-electron chi connectivity index (χ1n) is 7.06. The predicted molar refractivity (Wildman–Crippen MR) is 86.1 cm³/mol. The lowest BCUT2D eigenvalue weighted by atomic mass is 10.1. The molecule has 4 rings (SSSR count). The van der Waals surface area contributed by atoms with Gasteiger partial charge in [-0.15, -0.1) is 9.20 Å². The van der Waals surface area contributed by atoms with Crippen molar-refractivity contribution in [2.24, 2.45) is 0 Å². The van der Waals surface area contributed by atoms with E-state index in [0.29, 0.717) is 0 Å². The number of rotatable bonds is 2. The molecule has 106 valence electrons. The van der Waals surface area contributed by atoms with E-state index in [-0.39, 0.29) is 5.76 Å². The number of hydrogen-bond acceptors (Lipinski definition) is 2. The molecule has 22 heavy (non-hydrogen) atoms. The monoisotopic (exact) mass is 288 g/mol. The fraction of sp³-hybridized carbons (Fsp3) is 0. The van der Waals surface area contributed by atoms with E-state index in [4.69, 9.17) is 0 Å². The first-order valence-corrected chi connectivity index (χ1v) is 7.06. The molecule has 0 aliphatic heterocycles. The molecule has 0 aliphatic rings. The van der Waals surface area contributed by atoms with Gasteiger partial charge in [-0.1, -0.05) is 48.5 Å². The predicted octanol–water partition coefficient (Wildman–Crippen LogP) is 3.29. The summed E-state index contributed by atoms with van der Waals surface area (Å²) >= 11 is 0. The van der Waals surface area contributed by atoms with Gasteiger partial charge >= 0.3 is 0 Å². The highest BCUT2D eigenvalue weighted by Crippen LogP contribution is 2.18. The largest absolute Gasteiger partial charge is 0.504 e. The lowest BCUT2D eigenvalue weighted by Crippen LogP contribution is -2.28. The van der Waals surface area contributed by atoms with Crippen molar-refractivity contribution in [1.82, 2.24) is 9.73 Å². The second-order valence-corrected chi connectivity index (χ2v) is 5.11. The Morgan fingerprint density at radius 3 is 2.64 bits per heavy atom. The molecule has 2 aromatic heterocycles. The van der Waals surface area contributed by atoms with E-state index in [1.54, 1.807) is 15.4 Å². The van der Waals surface area contributed by atoms with Crippen LogP contribution in [0, 0.1) is 0 Å². The highest BCUT2D eigenvalue weighted by molar-refractivity contribution is 5.94. The van der Waals surface area contributed by atoms with Crippen LogP contribution in [0.25, 0.3) is 28.2 Å². The van der Waals surface area contributed by atoms with Crippen molar-refractivity contribution in [1.29, 1.82) is 0 Å². The minimum Gasteiger partial charge on any atom is -0.504 e. The van der Waals surface area contributed by atoms with Crippen molar-refractivity contribution < 1.29 is 9.79 Å². The Morgan fingerprint density at radius 2 is 1.77 bits per heavy atom. The molecule has 2 heterocycles. The van der Waals surface area contributed by atoms with Gasteiger partial charge in [0, 0.05) is 10.9 Å². The quantitative estimate of drug-likeness (QED) is 0.454. The molecule has 0 bridgehead atoms. The van der Waals surface area contributed by atoms with E-state index in [0.717, 1.165) is 16.5 Å². The van der Waals surface area contributed by atoms with Gasteiger partial charge in [0.15, 0.2) is 18.2 Å². The molecule has 0 unspecified atom stereocenters. The van der Waals surface area contributed by atoms with Crippen molar-refractivity contribution in [3.05, 3.63) is 78.6 Å². The van der Waals surface area contributed by atoms with Gasteiger partial charge in [-0.3, -0.25) is 0 Å². The zero-order valence-electron chi connectivity index (χ0n) is 11.8. The number of fused-ring (bicyclic) bond motifs is 3. The number of aliphatic hydroxyl groups is 1. The molecule has 0 fully saturated rings.